The molecule has 1 heterocycles. The molecular formula is C15H28N6. The maximum Gasteiger partial charge on any atom is 0.145 e. The Labute approximate surface area is 127 Å². The van der Waals surface area contributed by atoms with Gasteiger partial charge in [0.05, 0.1) is 0 Å². The molecule has 118 valence electrons. The number of nitrogen functional groups attached to an aromatic ring is 1. The zero-order valence-electron chi connectivity index (χ0n) is 13.8. The molecule has 0 radical (unpaired) electrons. The summed E-state index contributed by atoms with van der Waals surface area (Å²) in [6.45, 7) is 7.18. The lowest BCUT2D eigenvalue weighted by molar-refractivity contribution is 0.0738. The van der Waals surface area contributed by atoms with Gasteiger partial charge >= 0.3 is 0 Å². The predicted molar refractivity (Wildman–Crippen MR) is 87.3 cm³/mol. The molecule has 1 aromatic rings. The molecule has 1 aromatic heterocycles. The number of aromatic nitrogens is 2. The smallest absolute Gasteiger partial charge is 0.145 e. The Bertz CT molecular complexity index is 487. The monoisotopic (exact) mass is 292 g/mol. The van der Waals surface area contributed by atoms with Gasteiger partial charge in [0.2, 0.25) is 0 Å². The Morgan fingerprint density at radius 3 is 2.29 bits per heavy atom. The van der Waals surface area contributed by atoms with Crippen molar-refractivity contribution in [3.05, 3.63) is 11.9 Å². The number of rotatable bonds is 5. The Hall–Kier alpha value is -1.40. The van der Waals surface area contributed by atoms with Gasteiger partial charge in [0.1, 0.15) is 17.5 Å². The van der Waals surface area contributed by atoms with Gasteiger partial charge in [-0.1, -0.05) is 20.8 Å². The summed E-state index contributed by atoms with van der Waals surface area (Å²) >= 11 is 0. The third-order valence-electron chi connectivity index (χ3n) is 4.38. The summed E-state index contributed by atoms with van der Waals surface area (Å²) in [5.74, 6) is 7.78. The van der Waals surface area contributed by atoms with Crippen molar-refractivity contribution in [1.29, 1.82) is 0 Å². The van der Waals surface area contributed by atoms with E-state index in [2.05, 4.69) is 60.5 Å². The fourth-order valence-corrected chi connectivity index (χ4v) is 2.57. The maximum absolute atomic E-state index is 5.52. The molecule has 1 saturated carbocycles. The summed E-state index contributed by atoms with van der Waals surface area (Å²) in [7, 11) is 4.29. The van der Waals surface area contributed by atoms with Crippen molar-refractivity contribution >= 4 is 11.6 Å². The van der Waals surface area contributed by atoms with E-state index in [4.69, 9.17) is 5.84 Å². The molecular weight excluding hydrogens is 264 g/mol. The van der Waals surface area contributed by atoms with Crippen molar-refractivity contribution in [3.8, 4) is 0 Å². The molecule has 0 atom stereocenters. The molecule has 1 aliphatic rings. The van der Waals surface area contributed by atoms with Gasteiger partial charge in [0.25, 0.3) is 0 Å². The molecule has 0 spiro atoms. The number of anilines is 2. The van der Waals surface area contributed by atoms with Crippen LogP contribution >= 0.6 is 0 Å². The molecule has 1 aliphatic carbocycles. The highest BCUT2D eigenvalue weighted by molar-refractivity contribution is 5.47. The molecule has 1 fully saturated rings. The minimum absolute atomic E-state index is 0.112. The van der Waals surface area contributed by atoms with Crippen LogP contribution in [0.15, 0.2) is 6.07 Å². The quantitative estimate of drug-likeness (QED) is 0.569. The fourth-order valence-electron chi connectivity index (χ4n) is 2.57. The van der Waals surface area contributed by atoms with Crippen LogP contribution in [0, 0.1) is 0 Å². The van der Waals surface area contributed by atoms with E-state index in [0.29, 0.717) is 5.82 Å². The van der Waals surface area contributed by atoms with Crippen LogP contribution in [-0.2, 0) is 5.41 Å². The summed E-state index contributed by atoms with van der Waals surface area (Å²) in [6.07, 6.45) is 3.75. The average Bonchev–Trinajstić information content (AvgIpc) is 2.35. The lowest BCUT2D eigenvalue weighted by Crippen LogP contribution is -2.54. The second-order valence-corrected chi connectivity index (χ2v) is 7.18. The van der Waals surface area contributed by atoms with Crippen LogP contribution in [0.1, 0.15) is 45.9 Å². The largest absolute Gasteiger partial charge is 0.368 e. The molecule has 0 amide bonds. The molecule has 2 rings (SSSR count). The predicted octanol–water partition coefficient (Wildman–Crippen LogP) is 1.96. The van der Waals surface area contributed by atoms with Crippen LogP contribution in [0.3, 0.4) is 0 Å². The molecule has 4 N–H and O–H groups in total. The maximum atomic E-state index is 5.52. The normalized spacial score (nSPS) is 17.5. The zero-order chi connectivity index (χ0) is 15.7. The van der Waals surface area contributed by atoms with Crippen LogP contribution in [0.5, 0.6) is 0 Å². The van der Waals surface area contributed by atoms with Crippen LogP contribution in [0.25, 0.3) is 0 Å². The second-order valence-electron chi connectivity index (χ2n) is 7.18. The minimum Gasteiger partial charge on any atom is -0.368 e. The first-order valence-corrected chi connectivity index (χ1v) is 7.54. The van der Waals surface area contributed by atoms with E-state index in [0.717, 1.165) is 18.2 Å². The summed E-state index contributed by atoms with van der Waals surface area (Å²) in [5, 5.41) is 3.47. The molecule has 21 heavy (non-hydrogen) atoms. The van der Waals surface area contributed by atoms with Crippen molar-refractivity contribution in [3.63, 3.8) is 0 Å². The van der Waals surface area contributed by atoms with E-state index in [9.17, 15) is 0 Å². The summed E-state index contributed by atoms with van der Waals surface area (Å²) < 4.78 is 0. The van der Waals surface area contributed by atoms with E-state index in [1.165, 1.54) is 19.3 Å². The van der Waals surface area contributed by atoms with Gasteiger partial charge in [-0.05, 0) is 33.4 Å². The zero-order valence-corrected chi connectivity index (χ0v) is 13.8. The first kappa shape index (κ1) is 16.0. The summed E-state index contributed by atoms with van der Waals surface area (Å²) in [6, 6.07) is 1.86. The third kappa shape index (κ3) is 3.44. The van der Waals surface area contributed by atoms with Crippen molar-refractivity contribution in [2.75, 3.05) is 31.4 Å². The fraction of sp³-hybridized carbons (Fsp3) is 0.733. The number of likely N-dealkylation sites (N-methyl/N-ethyl adjacent to an activating group) is 1. The number of nitrogens with one attached hydrogen (secondary N) is 2. The first-order valence-electron chi connectivity index (χ1n) is 7.54. The standard InChI is InChI=1S/C15H28N6/c1-14(2,3)13-18-11(9-12(19-13)20-16)17-10-15(21(4)5)7-6-8-15/h9H,6-8,10,16H2,1-5H3,(H2,17,18,19,20). The molecule has 0 aromatic carbocycles. The molecule has 0 bridgehead atoms. The molecule has 6 nitrogen and oxygen atoms in total. The van der Waals surface area contributed by atoms with Crippen molar-refractivity contribution in [2.24, 2.45) is 5.84 Å². The van der Waals surface area contributed by atoms with E-state index in [1.54, 1.807) is 0 Å². The SMILES string of the molecule is CN(C)C1(CNc2cc(NN)nc(C(C)(C)C)n2)CCC1. The molecule has 6 heteroatoms. The lowest BCUT2D eigenvalue weighted by atomic mass is 9.75. The van der Waals surface area contributed by atoms with Crippen LogP contribution < -0.4 is 16.6 Å². The molecule has 0 aliphatic heterocycles. The van der Waals surface area contributed by atoms with E-state index < -0.39 is 0 Å². The lowest BCUT2D eigenvalue weighted by Gasteiger charge is -2.47. The number of nitrogens with two attached hydrogens (primary N) is 1. The minimum atomic E-state index is -0.112. The topological polar surface area (TPSA) is 79.1 Å². The van der Waals surface area contributed by atoms with Crippen LogP contribution in [0.2, 0.25) is 0 Å². The first-order chi connectivity index (χ1) is 9.77. The number of hydrogen-bond donors (Lipinski definition) is 3. The third-order valence-corrected chi connectivity index (χ3v) is 4.38. The van der Waals surface area contributed by atoms with Crippen molar-refractivity contribution in [1.82, 2.24) is 14.9 Å². The van der Waals surface area contributed by atoms with E-state index >= 15 is 0 Å². The number of hydrazine groups is 1. The Morgan fingerprint density at radius 2 is 1.86 bits per heavy atom. The summed E-state index contributed by atoms with van der Waals surface area (Å²) in [4.78, 5) is 11.4. The highest BCUT2D eigenvalue weighted by Crippen LogP contribution is 2.36. The molecule has 0 saturated heterocycles. The number of nitrogens with zero attached hydrogens (tertiary/aromatic N) is 3. The van der Waals surface area contributed by atoms with Crippen molar-refractivity contribution < 1.29 is 0 Å². The van der Waals surface area contributed by atoms with E-state index in [1.807, 2.05) is 6.07 Å². The Balaban J connectivity index is 2.16. The second kappa shape index (κ2) is 5.77. The highest BCUT2D eigenvalue weighted by Gasteiger charge is 2.38. The number of hydrogen-bond acceptors (Lipinski definition) is 6. The molecule has 0 unspecified atom stereocenters. The van der Waals surface area contributed by atoms with Gasteiger partial charge in [-0.2, -0.15) is 0 Å². The van der Waals surface area contributed by atoms with Gasteiger partial charge in [0, 0.05) is 23.6 Å². The highest BCUT2D eigenvalue weighted by atomic mass is 15.3. The van der Waals surface area contributed by atoms with Gasteiger partial charge in [0.15, 0.2) is 0 Å². The van der Waals surface area contributed by atoms with E-state index in [-0.39, 0.29) is 11.0 Å². The van der Waals surface area contributed by atoms with Crippen LogP contribution in [0.4, 0.5) is 11.6 Å². The average molecular weight is 292 g/mol. The summed E-state index contributed by atoms with van der Waals surface area (Å²) in [5.41, 5.74) is 2.77. The Kier molecular flexibility index (Phi) is 4.39. The van der Waals surface area contributed by atoms with Gasteiger partial charge in [-0.15, -0.1) is 0 Å². The van der Waals surface area contributed by atoms with Crippen LogP contribution in [-0.4, -0.2) is 41.0 Å². The Morgan fingerprint density at radius 1 is 1.24 bits per heavy atom. The van der Waals surface area contributed by atoms with Gasteiger partial charge in [-0.3, -0.25) is 0 Å². The van der Waals surface area contributed by atoms with Gasteiger partial charge in [-0.25, -0.2) is 15.8 Å². The van der Waals surface area contributed by atoms with Gasteiger partial charge < -0.3 is 15.6 Å². The van der Waals surface area contributed by atoms with Crippen molar-refractivity contribution in [2.45, 2.75) is 51.0 Å².